The molecule has 0 saturated carbocycles. The molecular weight excluding hydrogens is 278 g/mol. The van der Waals surface area contributed by atoms with Gasteiger partial charge < -0.3 is 10.6 Å². The third-order valence-corrected chi connectivity index (χ3v) is 1.92. The topological polar surface area (TPSA) is 41.1 Å². The fourth-order valence-electron chi connectivity index (χ4n) is 1.12. The second-order valence-electron chi connectivity index (χ2n) is 3.49. The lowest BCUT2D eigenvalue weighted by Gasteiger charge is -2.10. The molecule has 1 rings (SSSR count). The molecule has 0 aliphatic carbocycles. The summed E-state index contributed by atoms with van der Waals surface area (Å²) in [4.78, 5) is 11.0. The van der Waals surface area contributed by atoms with Gasteiger partial charge in [-0.25, -0.2) is 13.2 Å². The minimum absolute atomic E-state index is 0.296. The normalized spacial score (nSPS) is 11.3. The largest absolute Gasteiger partial charge is 0.405 e. The molecule has 1 amide bonds. The number of anilines is 1. The number of carbonyl (C=O) groups excluding carboxylic acids is 1. The molecule has 0 aromatic heterocycles. The first-order valence-corrected chi connectivity index (χ1v) is 4.91. The van der Waals surface area contributed by atoms with Crippen molar-refractivity contribution < 1.29 is 31.1 Å². The predicted octanol–water partition coefficient (Wildman–Crippen LogP) is 2.19. The van der Waals surface area contributed by atoms with Crippen LogP contribution in [0.5, 0.6) is 0 Å². The Balaban J connectivity index is 2.55. The van der Waals surface area contributed by atoms with Crippen molar-refractivity contribution in [2.45, 2.75) is 6.18 Å². The minimum atomic E-state index is -4.58. The number of alkyl halides is 3. The summed E-state index contributed by atoms with van der Waals surface area (Å²) >= 11 is 0. The fourth-order valence-corrected chi connectivity index (χ4v) is 1.12. The molecule has 0 spiro atoms. The van der Waals surface area contributed by atoms with Crippen molar-refractivity contribution in [3.05, 3.63) is 29.6 Å². The Kier molecular flexibility index (Phi) is 4.62. The number of nitrogens with one attached hydrogen (secondary N) is 2. The Labute approximate surface area is 103 Å². The Morgan fingerprint density at radius 2 is 1.79 bits per heavy atom. The first-order chi connectivity index (χ1) is 8.69. The van der Waals surface area contributed by atoms with Crippen LogP contribution in [0.4, 0.5) is 32.0 Å². The average molecular weight is 286 g/mol. The van der Waals surface area contributed by atoms with Gasteiger partial charge in [0.1, 0.15) is 12.4 Å². The number of carbonyl (C=O) groups is 1. The van der Waals surface area contributed by atoms with E-state index in [9.17, 15) is 31.1 Å². The monoisotopic (exact) mass is 286 g/mol. The molecule has 2 N–H and O–H groups in total. The molecule has 0 saturated heterocycles. The Hall–Kier alpha value is -1.93. The molecule has 106 valence electrons. The average Bonchev–Trinajstić information content (AvgIpc) is 2.28. The van der Waals surface area contributed by atoms with E-state index in [0.717, 1.165) is 0 Å². The van der Waals surface area contributed by atoms with Gasteiger partial charge in [-0.15, -0.1) is 0 Å². The van der Waals surface area contributed by atoms with E-state index < -0.39 is 48.3 Å². The number of rotatable bonds is 4. The zero-order valence-electron chi connectivity index (χ0n) is 9.24. The highest BCUT2D eigenvalue weighted by Gasteiger charge is 2.27. The molecule has 0 radical (unpaired) electrons. The summed E-state index contributed by atoms with van der Waals surface area (Å²) in [5, 5.41) is 3.50. The Morgan fingerprint density at radius 1 is 1.16 bits per heavy atom. The minimum Gasteiger partial charge on any atom is -0.374 e. The summed E-state index contributed by atoms with van der Waals surface area (Å²) in [5.74, 6) is -5.08. The third kappa shape index (κ3) is 5.06. The molecule has 1 aromatic rings. The second kappa shape index (κ2) is 5.81. The van der Waals surface area contributed by atoms with Gasteiger partial charge in [0.25, 0.3) is 0 Å². The van der Waals surface area contributed by atoms with Gasteiger partial charge in [-0.1, -0.05) is 0 Å². The molecule has 1 aromatic carbocycles. The number of halogens is 6. The van der Waals surface area contributed by atoms with Crippen molar-refractivity contribution in [3.8, 4) is 0 Å². The van der Waals surface area contributed by atoms with E-state index in [0.29, 0.717) is 12.1 Å². The molecule has 0 unspecified atom stereocenters. The van der Waals surface area contributed by atoms with Crippen molar-refractivity contribution in [3.63, 3.8) is 0 Å². The maximum atomic E-state index is 13.1. The maximum absolute atomic E-state index is 13.1. The van der Waals surface area contributed by atoms with Gasteiger partial charge in [0.2, 0.25) is 5.91 Å². The van der Waals surface area contributed by atoms with E-state index >= 15 is 0 Å². The molecule has 3 nitrogen and oxygen atoms in total. The lowest BCUT2D eigenvalue weighted by molar-refractivity contribution is -0.137. The highest BCUT2D eigenvalue weighted by Crippen LogP contribution is 2.18. The molecule has 0 fully saturated rings. The Morgan fingerprint density at radius 3 is 2.37 bits per heavy atom. The smallest absolute Gasteiger partial charge is 0.374 e. The van der Waals surface area contributed by atoms with Crippen LogP contribution >= 0.6 is 0 Å². The van der Waals surface area contributed by atoms with E-state index in [1.54, 1.807) is 0 Å². The van der Waals surface area contributed by atoms with Crippen molar-refractivity contribution in [2.24, 2.45) is 0 Å². The van der Waals surface area contributed by atoms with E-state index in [-0.39, 0.29) is 0 Å². The summed E-state index contributed by atoms with van der Waals surface area (Å²) in [7, 11) is 0. The highest BCUT2D eigenvalue weighted by molar-refractivity contribution is 5.80. The standard InChI is InChI=1S/C10H8F6N2O/c11-5-1-6(12)9(13)7(2-5)17-3-8(19)18-4-10(14,15)16/h1-2,17H,3-4H2,(H,18,19). The Bertz CT molecular complexity index is 474. The second-order valence-corrected chi connectivity index (χ2v) is 3.49. The van der Waals surface area contributed by atoms with Gasteiger partial charge >= 0.3 is 6.18 Å². The molecule has 0 bridgehead atoms. The van der Waals surface area contributed by atoms with Crippen LogP contribution in [0.2, 0.25) is 0 Å². The lowest BCUT2D eigenvalue weighted by Crippen LogP contribution is -2.37. The predicted molar refractivity (Wildman–Crippen MR) is 53.9 cm³/mol. The van der Waals surface area contributed by atoms with E-state index in [1.165, 1.54) is 5.32 Å². The van der Waals surface area contributed by atoms with Crippen LogP contribution in [0.25, 0.3) is 0 Å². The van der Waals surface area contributed by atoms with Crippen LogP contribution in [0.3, 0.4) is 0 Å². The SMILES string of the molecule is O=C(CNc1cc(F)cc(F)c1F)NCC(F)(F)F. The third-order valence-electron chi connectivity index (χ3n) is 1.92. The van der Waals surface area contributed by atoms with Gasteiger partial charge in [-0.2, -0.15) is 13.2 Å². The number of amides is 1. The fraction of sp³-hybridized carbons (Fsp3) is 0.300. The number of hydrogen-bond donors (Lipinski definition) is 2. The van der Waals surface area contributed by atoms with Crippen LogP contribution in [-0.2, 0) is 4.79 Å². The molecule has 0 heterocycles. The van der Waals surface area contributed by atoms with Gasteiger partial charge in [0.05, 0.1) is 12.2 Å². The summed E-state index contributed by atoms with van der Waals surface area (Å²) < 4.78 is 73.9. The van der Waals surface area contributed by atoms with Gasteiger partial charge in [0.15, 0.2) is 11.6 Å². The van der Waals surface area contributed by atoms with E-state index in [1.807, 2.05) is 5.32 Å². The quantitative estimate of drug-likeness (QED) is 0.658. The van der Waals surface area contributed by atoms with Crippen LogP contribution in [-0.4, -0.2) is 25.2 Å². The van der Waals surface area contributed by atoms with Gasteiger partial charge in [0, 0.05) is 12.1 Å². The molecule has 0 aliphatic heterocycles. The van der Waals surface area contributed by atoms with Gasteiger partial charge in [-0.3, -0.25) is 4.79 Å². The number of benzene rings is 1. The van der Waals surface area contributed by atoms with Crippen LogP contribution in [0.1, 0.15) is 0 Å². The molecule has 0 atom stereocenters. The molecule has 9 heteroatoms. The summed E-state index contributed by atoms with van der Waals surface area (Å²) in [6, 6.07) is 0.875. The van der Waals surface area contributed by atoms with Crippen LogP contribution in [0.15, 0.2) is 12.1 Å². The molecular formula is C10H8F6N2O. The summed E-state index contributed by atoms with van der Waals surface area (Å²) in [5.41, 5.74) is -0.653. The lowest BCUT2D eigenvalue weighted by atomic mass is 10.3. The highest BCUT2D eigenvalue weighted by atomic mass is 19.4. The van der Waals surface area contributed by atoms with E-state index in [4.69, 9.17) is 0 Å². The van der Waals surface area contributed by atoms with Crippen molar-refractivity contribution in [1.29, 1.82) is 0 Å². The summed E-state index contributed by atoms with van der Waals surface area (Å²) in [6.45, 7) is -2.30. The van der Waals surface area contributed by atoms with Crippen LogP contribution in [0, 0.1) is 17.5 Å². The van der Waals surface area contributed by atoms with Gasteiger partial charge in [-0.05, 0) is 0 Å². The number of hydrogen-bond acceptors (Lipinski definition) is 2. The zero-order chi connectivity index (χ0) is 14.6. The van der Waals surface area contributed by atoms with Crippen molar-refractivity contribution in [1.82, 2.24) is 5.32 Å². The maximum Gasteiger partial charge on any atom is 0.405 e. The van der Waals surface area contributed by atoms with Crippen molar-refractivity contribution >= 4 is 11.6 Å². The molecule has 0 aliphatic rings. The van der Waals surface area contributed by atoms with E-state index in [2.05, 4.69) is 0 Å². The molecule has 19 heavy (non-hydrogen) atoms. The summed E-state index contributed by atoms with van der Waals surface area (Å²) in [6.07, 6.45) is -4.58. The first-order valence-electron chi connectivity index (χ1n) is 4.91. The van der Waals surface area contributed by atoms with Crippen LogP contribution < -0.4 is 10.6 Å². The first kappa shape index (κ1) is 15.1. The zero-order valence-corrected chi connectivity index (χ0v) is 9.24. The van der Waals surface area contributed by atoms with Crippen molar-refractivity contribution in [2.75, 3.05) is 18.4 Å².